The molecule has 0 aliphatic carbocycles. The topological polar surface area (TPSA) is 139 Å². The predicted molar refractivity (Wildman–Crippen MR) is 80.9 cm³/mol. The number of phenolic OH excluding ortho intramolecular Hbond substituents is 1. The van der Waals surface area contributed by atoms with Crippen molar-refractivity contribution in [1.29, 1.82) is 0 Å². The van der Waals surface area contributed by atoms with Crippen LogP contribution in [0.2, 0.25) is 0 Å². The third kappa shape index (κ3) is 3.01. The lowest BCUT2D eigenvalue weighted by atomic mass is 10.1. The highest BCUT2D eigenvalue weighted by Gasteiger charge is 2.28. The molecule has 1 aliphatic rings. The van der Waals surface area contributed by atoms with Crippen molar-refractivity contribution in [2.45, 2.75) is 0 Å². The van der Waals surface area contributed by atoms with Crippen molar-refractivity contribution in [1.82, 2.24) is 5.01 Å². The number of hydrazone groups is 1. The fraction of sp³-hybridized carbons (Fsp3) is 0.100. The Balaban J connectivity index is 2.43. The summed E-state index contributed by atoms with van der Waals surface area (Å²) in [6.45, 7) is 0. The van der Waals surface area contributed by atoms with Crippen LogP contribution in [-0.4, -0.2) is 42.2 Å². The van der Waals surface area contributed by atoms with Gasteiger partial charge in [0, 0.05) is 17.7 Å². The summed E-state index contributed by atoms with van der Waals surface area (Å²) in [6.07, 6.45) is 1.02. The van der Waals surface area contributed by atoms with Crippen LogP contribution in [0, 0.1) is 20.2 Å². The molecule has 0 bridgehead atoms. The zero-order valence-corrected chi connectivity index (χ0v) is 12.2. The Hall–Kier alpha value is -2.60. The largest absolute Gasteiger partial charge is 0.497 e. The van der Waals surface area contributed by atoms with Crippen LogP contribution in [-0.2, 0) is 4.79 Å². The lowest BCUT2D eigenvalue weighted by molar-refractivity contribution is -0.396. The molecule has 1 aromatic rings. The van der Waals surface area contributed by atoms with Crippen LogP contribution in [0.25, 0.3) is 0 Å². The van der Waals surface area contributed by atoms with Gasteiger partial charge in [0.05, 0.1) is 21.8 Å². The van der Waals surface area contributed by atoms with Crippen molar-refractivity contribution >= 4 is 51.8 Å². The number of carbonyl (C=O) groups excluding carboxylic acids is 1. The average molecular weight is 342 g/mol. The number of thioether (sulfide) groups is 1. The van der Waals surface area contributed by atoms with Gasteiger partial charge in [0.2, 0.25) is 0 Å². The van der Waals surface area contributed by atoms with E-state index in [2.05, 4.69) is 5.10 Å². The second-order valence-corrected chi connectivity index (χ2v) is 5.54. The van der Waals surface area contributed by atoms with Crippen LogP contribution < -0.4 is 0 Å². The van der Waals surface area contributed by atoms with E-state index in [1.54, 1.807) is 0 Å². The van der Waals surface area contributed by atoms with Crippen molar-refractivity contribution in [3.8, 4) is 5.75 Å². The normalized spacial score (nSPS) is 14.8. The summed E-state index contributed by atoms with van der Waals surface area (Å²) in [5.41, 5.74) is -1.69. The van der Waals surface area contributed by atoms with E-state index in [1.165, 1.54) is 0 Å². The maximum atomic E-state index is 11.5. The van der Waals surface area contributed by atoms with Crippen LogP contribution in [0.15, 0.2) is 17.2 Å². The highest BCUT2D eigenvalue weighted by molar-refractivity contribution is 8.23. The molecule has 1 saturated heterocycles. The van der Waals surface area contributed by atoms with E-state index in [0.29, 0.717) is 0 Å². The van der Waals surface area contributed by atoms with Gasteiger partial charge in [-0.1, -0.05) is 24.0 Å². The highest BCUT2D eigenvalue weighted by Crippen LogP contribution is 2.36. The molecule has 2 rings (SSSR count). The number of nitrogens with zero attached hydrogens (tertiary/aromatic N) is 4. The van der Waals surface area contributed by atoms with Gasteiger partial charge in [-0.3, -0.25) is 25.0 Å². The number of phenols is 1. The average Bonchev–Trinajstić information content (AvgIpc) is 2.76. The molecule has 1 amide bonds. The van der Waals surface area contributed by atoms with Gasteiger partial charge in [-0.25, -0.2) is 0 Å². The Kier molecular flexibility index (Phi) is 4.32. The first-order valence-corrected chi connectivity index (χ1v) is 6.90. The van der Waals surface area contributed by atoms with E-state index in [0.717, 1.165) is 35.1 Å². The number of carbonyl (C=O) groups is 1. The molecular weight excluding hydrogens is 336 g/mol. The van der Waals surface area contributed by atoms with E-state index in [1.807, 2.05) is 0 Å². The van der Waals surface area contributed by atoms with E-state index < -0.39 is 27.0 Å². The molecule has 1 fully saturated rings. The quantitative estimate of drug-likeness (QED) is 0.375. The second kappa shape index (κ2) is 6.03. The molecule has 0 spiro atoms. The molecule has 1 aliphatic heterocycles. The molecule has 114 valence electrons. The maximum Gasteiger partial charge on any atom is 0.318 e. The predicted octanol–water partition coefficient (Wildman–Crippen LogP) is 1.40. The van der Waals surface area contributed by atoms with Crippen LogP contribution in [0.1, 0.15) is 5.56 Å². The molecule has 0 atom stereocenters. The summed E-state index contributed by atoms with van der Waals surface area (Å²) < 4.78 is 0.212. The Labute approximate surface area is 131 Å². The Morgan fingerprint density at radius 2 is 1.86 bits per heavy atom. The van der Waals surface area contributed by atoms with Crippen molar-refractivity contribution in [3.63, 3.8) is 0 Å². The monoisotopic (exact) mass is 342 g/mol. The zero-order chi connectivity index (χ0) is 16.4. The van der Waals surface area contributed by atoms with Crippen LogP contribution >= 0.6 is 24.0 Å². The minimum absolute atomic E-state index is 0.0244. The zero-order valence-electron chi connectivity index (χ0n) is 10.5. The minimum Gasteiger partial charge on any atom is -0.497 e. The highest BCUT2D eigenvalue weighted by atomic mass is 32.2. The molecule has 12 heteroatoms. The third-order valence-electron chi connectivity index (χ3n) is 2.54. The fourth-order valence-corrected chi connectivity index (χ4v) is 2.53. The van der Waals surface area contributed by atoms with Gasteiger partial charge < -0.3 is 5.11 Å². The summed E-state index contributed by atoms with van der Waals surface area (Å²) in [6, 6.07) is 1.81. The van der Waals surface area contributed by atoms with Crippen molar-refractivity contribution in [2.75, 3.05) is 5.75 Å². The number of benzene rings is 1. The molecule has 1 aromatic carbocycles. The minimum atomic E-state index is -1.05. The summed E-state index contributed by atoms with van der Waals surface area (Å²) in [7, 11) is 0. The van der Waals surface area contributed by atoms with Gasteiger partial charge in [-0.15, -0.1) is 0 Å². The Bertz CT molecular complexity index is 683. The molecule has 22 heavy (non-hydrogen) atoms. The van der Waals surface area contributed by atoms with Gasteiger partial charge in [0.15, 0.2) is 4.32 Å². The van der Waals surface area contributed by atoms with Gasteiger partial charge in [-0.05, 0) is 0 Å². The number of aromatic hydroxyl groups is 1. The number of amides is 1. The first-order valence-electron chi connectivity index (χ1n) is 5.50. The van der Waals surface area contributed by atoms with Gasteiger partial charge >= 0.3 is 11.4 Å². The van der Waals surface area contributed by atoms with Gasteiger partial charge in [-0.2, -0.15) is 10.1 Å². The van der Waals surface area contributed by atoms with E-state index in [-0.39, 0.29) is 21.5 Å². The smallest absolute Gasteiger partial charge is 0.318 e. The summed E-state index contributed by atoms with van der Waals surface area (Å²) in [4.78, 5) is 31.1. The molecule has 1 heterocycles. The first kappa shape index (κ1) is 15.8. The van der Waals surface area contributed by atoms with Crippen LogP contribution in [0.3, 0.4) is 0 Å². The standard InChI is InChI=1S/C10H6N4O6S2/c15-8-4-22-10(21)12(8)11-3-5-1-6(13(17)18)9(16)7(2-5)14(19)20/h1-3,16H,4H2/b11-3+. The number of hydrogen-bond acceptors (Lipinski definition) is 9. The lowest BCUT2D eigenvalue weighted by Crippen LogP contribution is -2.22. The van der Waals surface area contributed by atoms with E-state index >= 15 is 0 Å². The summed E-state index contributed by atoms with van der Waals surface area (Å²) >= 11 is 5.99. The number of nitro groups is 2. The van der Waals surface area contributed by atoms with Gasteiger partial charge in [0.1, 0.15) is 0 Å². The number of nitro benzene ring substituents is 2. The Morgan fingerprint density at radius 1 is 1.32 bits per heavy atom. The number of thiocarbonyl (C=S) groups is 1. The number of hydrogen-bond donors (Lipinski definition) is 1. The Morgan fingerprint density at radius 3 is 2.27 bits per heavy atom. The maximum absolute atomic E-state index is 11.5. The lowest BCUT2D eigenvalue weighted by Gasteiger charge is -2.06. The van der Waals surface area contributed by atoms with Crippen LogP contribution in [0.5, 0.6) is 5.75 Å². The van der Waals surface area contributed by atoms with Gasteiger partial charge in [0.25, 0.3) is 11.7 Å². The molecule has 0 radical (unpaired) electrons. The summed E-state index contributed by atoms with van der Waals surface area (Å²) in [5, 5.41) is 35.8. The van der Waals surface area contributed by atoms with E-state index in [9.17, 15) is 30.1 Å². The fourth-order valence-electron chi connectivity index (χ4n) is 1.56. The number of rotatable bonds is 4. The SMILES string of the molecule is O=C1CSC(=S)N1/N=C/c1cc([N+](=O)[O-])c(O)c([N+](=O)[O-])c1. The first-order chi connectivity index (χ1) is 10.3. The van der Waals surface area contributed by atoms with Crippen molar-refractivity contribution in [3.05, 3.63) is 37.9 Å². The van der Waals surface area contributed by atoms with Crippen molar-refractivity contribution in [2.24, 2.45) is 5.10 Å². The third-order valence-corrected chi connectivity index (χ3v) is 3.87. The molecule has 10 nitrogen and oxygen atoms in total. The van der Waals surface area contributed by atoms with Crippen LogP contribution in [0.4, 0.5) is 11.4 Å². The molecule has 0 saturated carbocycles. The van der Waals surface area contributed by atoms with E-state index in [4.69, 9.17) is 12.2 Å². The van der Waals surface area contributed by atoms with Crippen molar-refractivity contribution < 1.29 is 19.7 Å². The molecule has 1 N–H and O–H groups in total. The molecule has 0 unspecified atom stereocenters. The summed E-state index contributed by atoms with van der Waals surface area (Å²) in [5.74, 6) is -1.28. The molecule has 0 aromatic heterocycles. The second-order valence-electron chi connectivity index (χ2n) is 3.93. The molecular formula is C10H6N4O6S2.